The first-order chi connectivity index (χ1) is 9.69. The number of methoxy groups -OCH3 is 1. The van der Waals surface area contributed by atoms with E-state index >= 15 is 0 Å². The summed E-state index contributed by atoms with van der Waals surface area (Å²) < 4.78 is 6.88. The minimum absolute atomic E-state index is 0.0149. The third-order valence-electron chi connectivity index (χ3n) is 3.41. The van der Waals surface area contributed by atoms with Crippen LogP contribution in [0.2, 0.25) is 0 Å². The van der Waals surface area contributed by atoms with Crippen molar-refractivity contribution >= 4 is 5.97 Å². The van der Waals surface area contributed by atoms with Gasteiger partial charge in [0.25, 0.3) is 0 Å². The van der Waals surface area contributed by atoms with Gasteiger partial charge < -0.3 is 9.84 Å². The Morgan fingerprint density at radius 1 is 1.50 bits per heavy atom. The van der Waals surface area contributed by atoms with E-state index in [1.165, 1.54) is 12.8 Å². The van der Waals surface area contributed by atoms with Crippen molar-refractivity contribution in [2.75, 3.05) is 7.11 Å². The first-order valence-corrected chi connectivity index (χ1v) is 6.50. The molecule has 1 fully saturated rings. The molecule has 1 N–H and O–H groups in total. The van der Waals surface area contributed by atoms with Crippen molar-refractivity contribution in [3.63, 3.8) is 0 Å². The quantitative estimate of drug-likeness (QED) is 0.902. The minimum atomic E-state index is -1.06. The summed E-state index contributed by atoms with van der Waals surface area (Å²) >= 11 is 0. The summed E-state index contributed by atoms with van der Waals surface area (Å²) in [6.45, 7) is 0.715. The molecule has 1 aromatic carbocycles. The van der Waals surface area contributed by atoms with E-state index in [1.54, 1.807) is 17.9 Å². The van der Waals surface area contributed by atoms with Crippen LogP contribution in [-0.2, 0) is 6.54 Å². The molecular formula is C14H15N3O3. The number of carboxylic acids is 1. The highest BCUT2D eigenvalue weighted by molar-refractivity contribution is 5.92. The minimum Gasteiger partial charge on any atom is -0.497 e. The van der Waals surface area contributed by atoms with Gasteiger partial charge in [-0.1, -0.05) is 17.3 Å². The lowest BCUT2D eigenvalue weighted by molar-refractivity contribution is 0.0691. The molecule has 0 atom stereocenters. The molecule has 3 rings (SSSR count). The van der Waals surface area contributed by atoms with Gasteiger partial charge in [0, 0.05) is 12.1 Å². The highest BCUT2D eigenvalue weighted by Gasteiger charge is 2.27. The van der Waals surface area contributed by atoms with Crippen molar-refractivity contribution in [3.8, 4) is 17.0 Å². The van der Waals surface area contributed by atoms with Crippen molar-refractivity contribution in [1.82, 2.24) is 15.0 Å². The van der Waals surface area contributed by atoms with Crippen LogP contribution in [0.4, 0.5) is 0 Å². The molecule has 6 nitrogen and oxygen atoms in total. The van der Waals surface area contributed by atoms with Gasteiger partial charge in [-0.3, -0.25) is 0 Å². The Labute approximate surface area is 116 Å². The number of carboxylic acid groups (broad SMARTS) is 1. The molecule has 2 aromatic rings. The SMILES string of the molecule is COc1cccc(-c2c(C(=O)O)nnn2CC2CC2)c1. The van der Waals surface area contributed by atoms with Crippen molar-refractivity contribution in [1.29, 1.82) is 0 Å². The highest BCUT2D eigenvalue weighted by atomic mass is 16.5. The normalized spacial score (nSPS) is 14.2. The summed E-state index contributed by atoms with van der Waals surface area (Å²) in [5.74, 6) is 0.200. The molecule has 0 unspecified atom stereocenters. The second-order valence-corrected chi connectivity index (χ2v) is 4.95. The van der Waals surface area contributed by atoms with Crippen LogP contribution in [0.25, 0.3) is 11.3 Å². The molecule has 1 aromatic heterocycles. The Morgan fingerprint density at radius 2 is 2.30 bits per heavy atom. The molecule has 1 heterocycles. The number of nitrogens with zero attached hydrogens (tertiary/aromatic N) is 3. The molecule has 0 radical (unpaired) electrons. The number of aromatic carboxylic acids is 1. The number of hydrogen-bond donors (Lipinski definition) is 1. The van der Waals surface area contributed by atoms with Crippen molar-refractivity contribution < 1.29 is 14.6 Å². The van der Waals surface area contributed by atoms with Crippen LogP contribution in [0.15, 0.2) is 24.3 Å². The Kier molecular flexibility index (Phi) is 3.14. The number of rotatable bonds is 5. The van der Waals surface area contributed by atoms with E-state index < -0.39 is 5.97 Å². The van der Waals surface area contributed by atoms with Gasteiger partial charge >= 0.3 is 5.97 Å². The van der Waals surface area contributed by atoms with Crippen molar-refractivity contribution in [2.24, 2.45) is 5.92 Å². The molecule has 0 aliphatic heterocycles. The van der Waals surface area contributed by atoms with E-state index in [2.05, 4.69) is 10.3 Å². The van der Waals surface area contributed by atoms with Crippen LogP contribution in [0.1, 0.15) is 23.3 Å². The Hall–Kier alpha value is -2.37. The van der Waals surface area contributed by atoms with Gasteiger partial charge in [0.2, 0.25) is 0 Å². The largest absolute Gasteiger partial charge is 0.497 e. The molecule has 1 saturated carbocycles. The van der Waals surface area contributed by atoms with E-state index in [9.17, 15) is 9.90 Å². The first-order valence-electron chi connectivity index (χ1n) is 6.50. The predicted molar refractivity (Wildman–Crippen MR) is 71.7 cm³/mol. The second-order valence-electron chi connectivity index (χ2n) is 4.95. The van der Waals surface area contributed by atoms with Crippen molar-refractivity contribution in [2.45, 2.75) is 19.4 Å². The zero-order chi connectivity index (χ0) is 14.1. The van der Waals surface area contributed by atoms with Crippen LogP contribution in [0.3, 0.4) is 0 Å². The molecule has 6 heteroatoms. The van der Waals surface area contributed by atoms with Crippen LogP contribution in [0.5, 0.6) is 5.75 Å². The summed E-state index contributed by atoms with van der Waals surface area (Å²) in [5.41, 5.74) is 1.29. The molecule has 1 aliphatic rings. The molecule has 104 valence electrons. The zero-order valence-corrected chi connectivity index (χ0v) is 11.1. The summed E-state index contributed by atoms with van der Waals surface area (Å²) in [6.07, 6.45) is 2.33. The average molecular weight is 273 g/mol. The predicted octanol–water partition coefficient (Wildman–Crippen LogP) is 2.06. The fourth-order valence-electron chi connectivity index (χ4n) is 2.19. The summed E-state index contributed by atoms with van der Waals surface area (Å²) in [7, 11) is 1.58. The van der Waals surface area contributed by atoms with E-state index in [4.69, 9.17) is 4.74 Å². The van der Waals surface area contributed by atoms with Crippen LogP contribution in [0, 0.1) is 5.92 Å². The molecule has 0 amide bonds. The van der Waals surface area contributed by atoms with E-state index in [0.29, 0.717) is 23.9 Å². The Morgan fingerprint density at radius 3 is 2.95 bits per heavy atom. The first kappa shape index (κ1) is 12.7. The van der Waals surface area contributed by atoms with Gasteiger partial charge in [0.05, 0.1) is 7.11 Å². The molecule has 0 bridgehead atoms. The van der Waals surface area contributed by atoms with Crippen molar-refractivity contribution in [3.05, 3.63) is 30.0 Å². The Balaban J connectivity index is 2.07. The molecular weight excluding hydrogens is 258 g/mol. The standard InChI is InChI=1S/C14H15N3O3/c1-20-11-4-2-3-10(7-11)13-12(14(18)19)15-16-17(13)8-9-5-6-9/h2-4,7,9H,5-6,8H2,1H3,(H,18,19). The van der Waals surface area contributed by atoms with Gasteiger partial charge in [0.15, 0.2) is 5.69 Å². The Bertz CT molecular complexity index is 647. The fourth-order valence-corrected chi connectivity index (χ4v) is 2.19. The van der Waals surface area contributed by atoms with E-state index in [0.717, 1.165) is 5.56 Å². The highest BCUT2D eigenvalue weighted by Crippen LogP contribution is 2.33. The van der Waals surface area contributed by atoms with Gasteiger partial charge in [-0.15, -0.1) is 5.10 Å². The van der Waals surface area contributed by atoms with Gasteiger partial charge in [0.1, 0.15) is 11.4 Å². The number of benzene rings is 1. The lowest BCUT2D eigenvalue weighted by Gasteiger charge is -2.08. The van der Waals surface area contributed by atoms with Crippen LogP contribution >= 0.6 is 0 Å². The topological polar surface area (TPSA) is 77.2 Å². The third kappa shape index (κ3) is 2.36. The second kappa shape index (κ2) is 4.96. The summed E-state index contributed by atoms with van der Waals surface area (Å²) in [5, 5.41) is 17.1. The maximum Gasteiger partial charge on any atom is 0.358 e. The van der Waals surface area contributed by atoms with Gasteiger partial charge in [-0.05, 0) is 30.9 Å². The number of ether oxygens (including phenoxy) is 1. The van der Waals surface area contributed by atoms with Gasteiger partial charge in [-0.25, -0.2) is 9.48 Å². The zero-order valence-electron chi connectivity index (χ0n) is 11.1. The maximum absolute atomic E-state index is 11.3. The van der Waals surface area contributed by atoms with E-state index in [-0.39, 0.29) is 5.69 Å². The smallest absolute Gasteiger partial charge is 0.358 e. The van der Waals surface area contributed by atoms with Gasteiger partial charge in [-0.2, -0.15) is 0 Å². The lowest BCUT2D eigenvalue weighted by Crippen LogP contribution is -2.06. The molecule has 20 heavy (non-hydrogen) atoms. The van der Waals surface area contributed by atoms with Crippen LogP contribution in [-0.4, -0.2) is 33.2 Å². The monoisotopic (exact) mass is 273 g/mol. The number of hydrogen-bond acceptors (Lipinski definition) is 4. The van der Waals surface area contributed by atoms with Crippen LogP contribution < -0.4 is 4.74 Å². The lowest BCUT2D eigenvalue weighted by atomic mass is 10.1. The summed E-state index contributed by atoms with van der Waals surface area (Å²) in [4.78, 5) is 11.3. The average Bonchev–Trinajstić information content (AvgIpc) is 3.16. The number of carbonyl (C=O) groups is 1. The number of aromatic nitrogens is 3. The van der Waals surface area contributed by atoms with E-state index in [1.807, 2.05) is 18.2 Å². The fraction of sp³-hybridized carbons (Fsp3) is 0.357. The molecule has 0 spiro atoms. The molecule has 1 aliphatic carbocycles. The third-order valence-corrected chi connectivity index (χ3v) is 3.41. The maximum atomic E-state index is 11.3. The summed E-state index contributed by atoms with van der Waals surface area (Å²) in [6, 6.07) is 7.29. The molecule has 0 saturated heterocycles.